The zero-order chi connectivity index (χ0) is 33.8. The van der Waals surface area contributed by atoms with Crippen molar-refractivity contribution in [2.24, 2.45) is 0 Å². The van der Waals surface area contributed by atoms with Crippen molar-refractivity contribution in [3.8, 4) is 11.1 Å². The van der Waals surface area contributed by atoms with E-state index in [4.69, 9.17) is 23.7 Å². The Morgan fingerprint density at radius 2 is 1.49 bits per heavy atom. The highest BCUT2D eigenvalue weighted by Gasteiger charge is 2.53. The van der Waals surface area contributed by atoms with E-state index in [2.05, 4.69) is 10.6 Å². The first-order chi connectivity index (χ1) is 22.5. The highest BCUT2D eigenvalue weighted by atomic mass is 16.7. The number of benzene rings is 2. The Kier molecular flexibility index (Phi) is 11.1. The molecule has 0 spiro atoms. The van der Waals surface area contributed by atoms with Crippen LogP contribution in [0.2, 0.25) is 0 Å². The van der Waals surface area contributed by atoms with E-state index >= 15 is 0 Å². The molecule has 0 radical (unpaired) electrons. The first-order valence-electron chi connectivity index (χ1n) is 15.0. The zero-order valence-corrected chi connectivity index (χ0v) is 25.2. The number of carboxylic acids is 1. The van der Waals surface area contributed by atoms with Crippen LogP contribution in [0.25, 0.3) is 11.1 Å². The van der Waals surface area contributed by atoms with Crippen molar-refractivity contribution in [1.29, 1.82) is 0 Å². The normalized spacial score (nSPS) is 31.8. The van der Waals surface area contributed by atoms with E-state index in [0.717, 1.165) is 29.2 Å². The van der Waals surface area contributed by atoms with E-state index < -0.39 is 85.9 Å². The van der Waals surface area contributed by atoms with Gasteiger partial charge in [0.2, 0.25) is 5.91 Å². The smallest absolute Gasteiger partial charge is 0.407 e. The van der Waals surface area contributed by atoms with E-state index in [9.17, 15) is 45.0 Å². The number of hydrogen-bond donors (Lipinski definition) is 8. The number of carbonyl (C=O) groups is 3. The third kappa shape index (κ3) is 7.40. The standard InChI is InChI=1S/C31H38N2O14/c1-14(35)33-21-23(37)22(36)20(12-34)45-29(21)46-26-24(38)25(39)30(47-27(26)28(40)41)43-11-10-32-31(42)44-13-19-17-8-4-2-6-15(17)16-7-3-5-9-18(16)19/h2-9,19-27,29-30,34,36-39H,10-13H2,1H3,(H,32,42)(H,33,35)(H,40,41)/t20-,21-,22-,23-,24-,25-,26+,27+,29-,30-/m1/s1. The molecule has 2 aromatic carbocycles. The maximum absolute atomic E-state index is 12.5. The largest absolute Gasteiger partial charge is 0.479 e. The van der Waals surface area contributed by atoms with Crippen molar-refractivity contribution in [2.75, 3.05) is 26.4 Å². The first-order valence-corrected chi connectivity index (χ1v) is 15.0. The topological polar surface area (TPSA) is 243 Å². The Balaban J connectivity index is 1.14. The lowest BCUT2D eigenvalue weighted by Gasteiger charge is -2.46. The fraction of sp³-hybridized carbons (Fsp3) is 0.516. The van der Waals surface area contributed by atoms with Gasteiger partial charge >= 0.3 is 12.1 Å². The molecule has 10 atom stereocenters. The Hall–Kier alpha value is -3.71. The minimum atomic E-state index is -1.94. The molecule has 2 aliphatic heterocycles. The van der Waals surface area contributed by atoms with E-state index in [1.165, 1.54) is 0 Å². The summed E-state index contributed by atoms with van der Waals surface area (Å²) in [5, 5.41) is 66.4. The third-order valence-corrected chi connectivity index (χ3v) is 8.33. The molecule has 47 heavy (non-hydrogen) atoms. The maximum Gasteiger partial charge on any atom is 0.407 e. The minimum absolute atomic E-state index is 0.0849. The highest BCUT2D eigenvalue weighted by Crippen LogP contribution is 2.44. The number of ether oxygens (including phenoxy) is 5. The van der Waals surface area contributed by atoms with E-state index in [-0.39, 0.29) is 25.7 Å². The van der Waals surface area contributed by atoms with Crippen molar-refractivity contribution >= 4 is 18.0 Å². The molecule has 3 aliphatic rings. The first kappa shape index (κ1) is 34.6. The number of aliphatic hydroxyl groups is 5. The number of fused-ring (bicyclic) bond motifs is 3. The summed E-state index contributed by atoms with van der Waals surface area (Å²) in [6, 6.07) is 14.3. The summed E-state index contributed by atoms with van der Waals surface area (Å²) in [6.45, 7) is 0.0470. The lowest BCUT2D eigenvalue weighted by Crippen LogP contribution is -2.68. The molecule has 0 bridgehead atoms. The van der Waals surface area contributed by atoms with Crippen molar-refractivity contribution in [2.45, 2.75) is 74.2 Å². The van der Waals surface area contributed by atoms with Crippen molar-refractivity contribution in [3.63, 3.8) is 0 Å². The lowest BCUT2D eigenvalue weighted by molar-refractivity contribution is -0.340. The van der Waals surface area contributed by atoms with Gasteiger partial charge in [0.25, 0.3) is 0 Å². The van der Waals surface area contributed by atoms with E-state index in [1.807, 2.05) is 48.5 Å². The van der Waals surface area contributed by atoms with Gasteiger partial charge in [0, 0.05) is 19.4 Å². The molecule has 8 N–H and O–H groups in total. The van der Waals surface area contributed by atoms with Gasteiger partial charge in [-0.25, -0.2) is 9.59 Å². The van der Waals surface area contributed by atoms with Crippen LogP contribution >= 0.6 is 0 Å². The molecular weight excluding hydrogens is 624 g/mol. The Labute approximate surface area is 268 Å². The van der Waals surface area contributed by atoms with Crippen LogP contribution in [0.1, 0.15) is 24.0 Å². The fourth-order valence-corrected chi connectivity index (χ4v) is 6.04. The van der Waals surface area contributed by atoms with Gasteiger partial charge < -0.3 is 65.0 Å². The van der Waals surface area contributed by atoms with Crippen LogP contribution in [0.3, 0.4) is 0 Å². The lowest BCUT2D eigenvalue weighted by atomic mass is 9.95. The van der Waals surface area contributed by atoms with Crippen LogP contribution in [-0.4, -0.2) is 136 Å². The van der Waals surface area contributed by atoms with Gasteiger partial charge in [-0.2, -0.15) is 0 Å². The minimum Gasteiger partial charge on any atom is -0.479 e. The third-order valence-electron chi connectivity index (χ3n) is 8.33. The second kappa shape index (κ2) is 15.0. The molecule has 2 saturated heterocycles. The van der Waals surface area contributed by atoms with Crippen LogP contribution in [0.5, 0.6) is 0 Å². The molecule has 2 heterocycles. The Morgan fingerprint density at radius 3 is 2.09 bits per heavy atom. The summed E-state index contributed by atoms with van der Waals surface area (Å²) in [5.41, 5.74) is 4.25. The van der Waals surface area contributed by atoms with Gasteiger partial charge in [-0.15, -0.1) is 0 Å². The number of carbonyl (C=O) groups excluding carboxylic acids is 2. The van der Waals surface area contributed by atoms with Gasteiger partial charge in [0.1, 0.15) is 49.3 Å². The van der Waals surface area contributed by atoms with E-state index in [1.54, 1.807) is 0 Å². The van der Waals surface area contributed by atoms with Crippen LogP contribution in [0, 0.1) is 0 Å². The summed E-state index contributed by atoms with van der Waals surface area (Å²) in [7, 11) is 0. The maximum atomic E-state index is 12.5. The van der Waals surface area contributed by atoms with Crippen LogP contribution in [-0.2, 0) is 33.3 Å². The number of carboxylic acid groups (broad SMARTS) is 1. The van der Waals surface area contributed by atoms with Gasteiger partial charge in [-0.3, -0.25) is 4.79 Å². The number of aliphatic hydroxyl groups excluding tert-OH is 5. The molecule has 1 aliphatic carbocycles. The average Bonchev–Trinajstić information content (AvgIpc) is 3.37. The van der Waals surface area contributed by atoms with Gasteiger partial charge in [0.05, 0.1) is 13.2 Å². The molecule has 16 heteroatoms. The highest BCUT2D eigenvalue weighted by molar-refractivity contribution is 5.79. The number of alkyl carbamates (subject to hydrolysis) is 1. The molecule has 16 nitrogen and oxygen atoms in total. The molecule has 0 aromatic heterocycles. The molecule has 5 rings (SSSR count). The van der Waals surface area contributed by atoms with Crippen LogP contribution < -0.4 is 10.6 Å². The molecule has 0 unspecified atom stereocenters. The van der Waals surface area contributed by atoms with Crippen molar-refractivity contribution in [1.82, 2.24) is 10.6 Å². The van der Waals surface area contributed by atoms with E-state index in [0.29, 0.717) is 0 Å². The summed E-state index contributed by atoms with van der Waals surface area (Å²) >= 11 is 0. The molecule has 2 fully saturated rings. The summed E-state index contributed by atoms with van der Waals surface area (Å²) < 4.78 is 27.3. The van der Waals surface area contributed by atoms with Crippen molar-refractivity contribution < 1.29 is 68.7 Å². The number of hydrogen-bond acceptors (Lipinski definition) is 13. The summed E-state index contributed by atoms with van der Waals surface area (Å²) in [6.07, 6.45) is -16.3. The second-order valence-corrected chi connectivity index (χ2v) is 11.4. The molecular formula is C31H38N2O14. The molecule has 0 saturated carbocycles. The fourth-order valence-electron chi connectivity index (χ4n) is 6.04. The number of amides is 2. The monoisotopic (exact) mass is 662 g/mol. The Bertz CT molecular complexity index is 1380. The molecule has 256 valence electrons. The SMILES string of the molecule is CC(=O)N[C@H]1[C@@H](O[C@H]2[C@H](O)[C@@H](O)[C@H](OCCNC(=O)OCC3c4ccccc4-c4ccccc43)O[C@@H]2C(=O)O)O[C@H](CO)[C@@H](O)[C@@H]1O. The molecule has 2 amide bonds. The van der Waals surface area contributed by atoms with Crippen LogP contribution in [0.4, 0.5) is 4.79 Å². The van der Waals surface area contributed by atoms with Gasteiger partial charge in [0.15, 0.2) is 18.7 Å². The zero-order valence-electron chi connectivity index (χ0n) is 25.2. The average molecular weight is 663 g/mol. The summed E-state index contributed by atoms with van der Waals surface area (Å²) in [4.78, 5) is 36.3. The predicted octanol–water partition coefficient (Wildman–Crippen LogP) is -1.60. The number of nitrogens with one attached hydrogen (secondary N) is 2. The summed E-state index contributed by atoms with van der Waals surface area (Å²) in [5.74, 6) is -2.41. The van der Waals surface area contributed by atoms with Crippen molar-refractivity contribution in [3.05, 3.63) is 59.7 Å². The number of aliphatic carboxylic acids is 1. The predicted molar refractivity (Wildman–Crippen MR) is 158 cm³/mol. The number of rotatable bonds is 11. The Morgan fingerprint density at radius 1 is 0.851 bits per heavy atom. The van der Waals surface area contributed by atoms with Crippen LogP contribution in [0.15, 0.2) is 48.5 Å². The van der Waals surface area contributed by atoms with Gasteiger partial charge in [-0.05, 0) is 22.3 Å². The molecule has 2 aromatic rings. The second-order valence-electron chi connectivity index (χ2n) is 11.4. The van der Waals surface area contributed by atoms with Gasteiger partial charge in [-0.1, -0.05) is 48.5 Å². The quantitative estimate of drug-likeness (QED) is 0.127.